The predicted octanol–water partition coefficient (Wildman–Crippen LogP) is 2.74. The maximum Gasteiger partial charge on any atom is 0.321 e. The van der Waals surface area contributed by atoms with E-state index in [1.165, 1.54) is 0 Å². The molecule has 0 aliphatic heterocycles. The van der Waals surface area contributed by atoms with Crippen molar-refractivity contribution in [2.24, 2.45) is 0 Å². The molecule has 15 heavy (non-hydrogen) atoms. The van der Waals surface area contributed by atoms with Crippen LogP contribution in [-0.4, -0.2) is 24.0 Å². The zero-order valence-corrected chi connectivity index (χ0v) is 9.29. The number of nitrogens with zero attached hydrogens (tertiary/aromatic N) is 1. The van der Waals surface area contributed by atoms with E-state index in [0.717, 1.165) is 24.3 Å². The van der Waals surface area contributed by atoms with E-state index in [2.05, 4.69) is 12.2 Å². The van der Waals surface area contributed by atoms with Crippen molar-refractivity contribution in [3.63, 3.8) is 0 Å². The molecule has 2 amide bonds. The normalized spacial score (nSPS) is 9.80. The lowest BCUT2D eigenvalue weighted by molar-refractivity contribution is 0.217. The smallest absolute Gasteiger partial charge is 0.321 e. The molecule has 0 aliphatic rings. The fraction of sp³-hybridized carbons (Fsp3) is 0.333. The van der Waals surface area contributed by atoms with Gasteiger partial charge in [-0.15, -0.1) is 0 Å². The van der Waals surface area contributed by atoms with Crippen molar-refractivity contribution in [1.82, 2.24) is 4.90 Å². The second kappa shape index (κ2) is 5.39. The third kappa shape index (κ3) is 3.27. The highest BCUT2D eigenvalue weighted by Crippen LogP contribution is 2.09. The Morgan fingerprint density at radius 1 is 1.27 bits per heavy atom. The highest BCUT2D eigenvalue weighted by molar-refractivity contribution is 5.89. The van der Waals surface area contributed by atoms with Crippen LogP contribution in [0.1, 0.15) is 19.4 Å². The standard InChI is InChI=1S/C12H17N2O/c1-4-14(5-2)12(15)13-11-8-6-10(3)7-9-11/h6-9H,3-5H2,1-2H3,(H,13,15). The van der Waals surface area contributed by atoms with Crippen molar-refractivity contribution >= 4 is 11.7 Å². The largest absolute Gasteiger partial charge is 0.325 e. The molecule has 81 valence electrons. The molecule has 0 atom stereocenters. The molecule has 0 saturated carbocycles. The van der Waals surface area contributed by atoms with Gasteiger partial charge in [0.2, 0.25) is 0 Å². The third-order valence-corrected chi connectivity index (χ3v) is 2.26. The summed E-state index contributed by atoms with van der Waals surface area (Å²) < 4.78 is 0. The SMILES string of the molecule is [CH2]c1ccc(NC(=O)N(CC)CC)cc1. The zero-order chi connectivity index (χ0) is 11.3. The topological polar surface area (TPSA) is 32.3 Å². The summed E-state index contributed by atoms with van der Waals surface area (Å²) in [5.41, 5.74) is 1.75. The lowest BCUT2D eigenvalue weighted by atomic mass is 10.2. The summed E-state index contributed by atoms with van der Waals surface area (Å²) in [5.74, 6) is 0. The van der Waals surface area contributed by atoms with Gasteiger partial charge in [0.05, 0.1) is 0 Å². The van der Waals surface area contributed by atoms with E-state index in [4.69, 9.17) is 0 Å². The summed E-state index contributed by atoms with van der Waals surface area (Å²) in [6, 6.07) is 7.39. The number of anilines is 1. The number of carbonyl (C=O) groups excluding carboxylic acids is 1. The van der Waals surface area contributed by atoms with Crippen LogP contribution in [-0.2, 0) is 0 Å². The summed E-state index contributed by atoms with van der Waals surface area (Å²) in [7, 11) is 0. The molecule has 1 aromatic carbocycles. The second-order valence-electron chi connectivity index (χ2n) is 3.30. The lowest BCUT2D eigenvalue weighted by Crippen LogP contribution is -2.34. The van der Waals surface area contributed by atoms with Crippen LogP contribution in [0, 0.1) is 6.92 Å². The maximum atomic E-state index is 11.7. The van der Waals surface area contributed by atoms with E-state index in [0.29, 0.717) is 0 Å². The van der Waals surface area contributed by atoms with Gasteiger partial charge in [-0.1, -0.05) is 12.1 Å². The van der Waals surface area contributed by atoms with Gasteiger partial charge >= 0.3 is 6.03 Å². The van der Waals surface area contributed by atoms with Gasteiger partial charge in [-0.25, -0.2) is 4.79 Å². The first-order valence-corrected chi connectivity index (χ1v) is 5.15. The summed E-state index contributed by atoms with van der Waals surface area (Å²) in [6.07, 6.45) is 0. The number of hydrogen-bond acceptors (Lipinski definition) is 1. The van der Waals surface area contributed by atoms with Crippen molar-refractivity contribution in [2.45, 2.75) is 13.8 Å². The van der Waals surface area contributed by atoms with Gasteiger partial charge in [0, 0.05) is 18.8 Å². The molecule has 0 spiro atoms. The number of amides is 2. The van der Waals surface area contributed by atoms with E-state index in [1.54, 1.807) is 4.90 Å². The van der Waals surface area contributed by atoms with Crippen LogP contribution in [0.5, 0.6) is 0 Å². The first-order chi connectivity index (χ1) is 7.17. The summed E-state index contributed by atoms with van der Waals surface area (Å²) in [4.78, 5) is 13.4. The first-order valence-electron chi connectivity index (χ1n) is 5.15. The minimum Gasteiger partial charge on any atom is -0.325 e. The molecule has 0 unspecified atom stereocenters. The number of benzene rings is 1. The lowest BCUT2D eigenvalue weighted by Gasteiger charge is -2.19. The van der Waals surface area contributed by atoms with Crippen molar-refractivity contribution < 1.29 is 4.79 Å². The Bertz CT molecular complexity index is 315. The van der Waals surface area contributed by atoms with Crippen LogP contribution >= 0.6 is 0 Å². The highest BCUT2D eigenvalue weighted by atomic mass is 16.2. The van der Waals surface area contributed by atoms with E-state index in [-0.39, 0.29) is 6.03 Å². The van der Waals surface area contributed by atoms with Crippen LogP contribution in [0.2, 0.25) is 0 Å². The average molecular weight is 205 g/mol. The number of hydrogen-bond donors (Lipinski definition) is 1. The molecular weight excluding hydrogens is 188 g/mol. The van der Waals surface area contributed by atoms with Gasteiger partial charge < -0.3 is 10.2 Å². The van der Waals surface area contributed by atoms with E-state index in [1.807, 2.05) is 38.1 Å². The highest BCUT2D eigenvalue weighted by Gasteiger charge is 2.08. The van der Waals surface area contributed by atoms with E-state index < -0.39 is 0 Å². The maximum absolute atomic E-state index is 11.7. The quantitative estimate of drug-likeness (QED) is 0.808. The average Bonchev–Trinajstić information content (AvgIpc) is 2.23. The Kier molecular flexibility index (Phi) is 4.16. The number of rotatable bonds is 3. The summed E-state index contributed by atoms with van der Waals surface area (Å²) >= 11 is 0. The van der Waals surface area contributed by atoms with Gasteiger partial charge in [-0.3, -0.25) is 0 Å². The molecule has 1 radical (unpaired) electrons. The fourth-order valence-electron chi connectivity index (χ4n) is 1.30. The van der Waals surface area contributed by atoms with Crippen LogP contribution in [0.4, 0.5) is 10.5 Å². The van der Waals surface area contributed by atoms with E-state index in [9.17, 15) is 4.79 Å². The van der Waals surface area contributed by atoms with Gasteiger partial charge in [0.25, 0.3) is 0 Å². The van der Waals surface area contributed by atoms with Crippen molar-refractivity contribution in [3.05, 3.63) is 36.8 Å². The van der Waals surface area contributed by atoms with Gasteiger partial charge in [-0.05, 0) is 38.5 Å². The Morgan fingerprint density at radius 3 is 2.27 bits per heavy atom. The Morgan fingerprint density at radius 2 is 1.80 bits per heavy atom. The van der Waals surface area contributed by atoms with Crippen molar-refractivity contribution in [3.8, 4) is 0 Å². The molecular formula is C12H17N2O. The Hall–Kier alpha value is -1.51. The van der Waals surface area contributed by atoms with E-state index >= 15 is 0 Å². The van der Waals surface area contributed by atoms with Crippen molar-refractivity contribution in [1.29, 1.82) is 0 Å². The molecule has 0 aliphatic carbocycles. The van der Waals surface area contributed by atoms with Crippen LogP contribution in [0.15, 0.2) is 24.3 Å². The predicted molar refractivity (Wildman–Crippen MR) is 62.8 cm³/mol. The van der Waals surface area contributed by atoms with Crippen molar-refractivity contribution in [2.75, 3.05) is 18.4 Å². The number of urea groups is 1. The molecule has 0 bridgehead atoms. The Labute approximate surface area is 91.1 Å². The minimum absolute atomic E-state index is 0.0585. The van der Waals surface area contributed by atoms with Crippen LogP contribution in [0.25, 0.3) is 0 Å². The molecule has 0 fully saturated rings. The molecule has 1 N–H and O–H groups in total. The number of nitrogens with one attached hydrogen (secondary N) is 1. The zero-order valence-electron chi connectivity index (χ0n) is 9.29. The summed E-state index contributed by atoms with van der Waals surface area (Å²) in [5, 5.41) is 2.83. The molecule has 3 nitrogen and oxygen atoms in total. The monoisotopic (exact) mass is 205 g/mol. The molecule has 0 heterocycles. The minimum atomic E-state index is -0.0585. The summed E-state index contributed by atoms with van der Waals surface area (Å²) in [6.45, 7) is 9.14. The Balaban J connectivity index is 2.61. The molecule has 3 heteroatoms. The van der Waals surface area contributed by atoms with Crippen LogP contribution < -0.4 is 5.32 Å². The molecule has 1 rings (SSSR count). The first kappa shape index (κ1) is 11.6. The third-order valence-electron chi connectivity index (χ3n) is 2.26. The molecule has 0 saturated heterocycles. The molecule has 1 aromatic rings. The molecule has 0 aromatic heterocycles. The van der Waals surface area contributed by atoms with Gasteiger partial charge in [0.1, 0.15) is 0 Å². The van der Waals surface area contributed by atoms with Gasteiger partial charge in [0.15, 0.2) is 0 Å². The van der Waals surface area contributed by atoms with Gasteiger partial charge in [-0.2, -0.15) is 0 Å². The number of carbonyl (C=O) groups is 1. The van der Waals surface area contributed by atoms with Crippen LogP contribution in [0.3, 0.4) is 0 Å². The second-order valence-corrected chi connectivity index (χ2v) is 3.30. The fourth-order valence-corrected chi connectivity index (χ4v) is 1.30.